The Bertz CT molecular complexity index is 791. The maximum absolute atomic E-state index is 13.4. The van der Waals surface area contributed by atoms with Gasteiger partial charge in [0.05, 0.1) is 11.3 Å². The quantitative estimate of drug-likeness (QED) is 0.759. The molecule has 0 radical (unpaired) electrons. The van der Waals surface area contributed by atoms with Crippen LogP contribution in [0, 0.1) is 18.6 Å². The van der Waals surface area contributed by atoms with Gasteiger partial charge in [-0.25, -0.2) is 8.78 Å². The molecule has 0 bridgehead atoms. The first-order chi connectivity index (χ1) is 10.0. The second-order valence-corrected chi connectivity index (χ2v) is 4.77. The molecule has 4 nitrogen and oxygen atoms in total. The summed E-state index contributed by atoms with van der Waals surface area (Å²) in [5.74, 6) is -1.16. The monoisotopic (exact) mass is 286 g/mol. The van der Waals surface area contributed by atoms with Crippen LogP contribution in [0.25, 0.3) is 22.4 Å². The molecule has 3 N–H and O–H groups in total. The Morgan fingerprint density at radius 2 is 1.71 bits per heavy atom. The Hall–Kier alpha value is -2.76. The number of nitrogens with one attached hydrogen (secondary N) is 1. The van der Waals surface area contributed by atoms with Gasteiger partial charge in [-0.1, -0.05) is 0 Å². The number of aromatic amines is 1. The number of nitrogens with zero attached hydrogens (tertiary/aromatic N) is 2. The summed E-state index contributed by atoms with van der Waals surface area (Å²) in [6.07, 6.45) is 3.35. The van der Waals surface area contributed by atoms with E-state index in [1.54, 1.807) is 12.4 Å². The standard InChI is InChI=1S/C15H12F2N4/c1-8-2-10(7-19-6-8)14-13(15(18)21-20-14)9-3-11(16)5-12(17)4-9/h2-7H,1H3,(H3,18,20,21). The van der Waals surface area contributed by atoms with Crippen molar-refractivity contribution in [3.63, 3.8) is 0 Å². The van der Waals surface area contributed by atoms with E-state index in [-0.39, 0.29) is 5.82 Å². The van der Waals surface area contributed by atoms with Crippen molar-refractivity contribution in [2.75, 3.05) is 5.73 Å². The molecule has 3 rings (SSSR count). The van der Waals surface area contributed by atoms with Crippen molar-refractivity contribution in [3.8, 4) is 22.4 Å². The Labute approximate surface area is 119 Å². The van der Waals surface area contributed by atoms with Gasteiger partial charge in [-0.2, -0.15) is 5.10 Å². The van der Waals surface area contributed by atoms with Crippen LogP contribution in [0.1, 0.15) is 5.56 Å². The topological polar surface area (TPSA) is 67.6 Å². The number of hydrogen-bond donors (Lipinski definition) is 2. The summed E-state index contributed by atoms with van der Waals surface area (Å²) in [5, 5.41) is 6.73. The van der Waals surface area contributed by atoms with Gasteiger partial charge in [0.25, 0.3) is 0 Å². The molecule has 21 heavy (non-hydrogen) atoms. The van der Waals surface area contributed by atoms with E-state index in [1.807, 2.05) is 13.0 Å². The Kier molecular flexibility index (Phi) is 3.13. The number of hydrogen-bond acceptors (Lipinski definition) is 3. The lowest BCUT2D eigenvalue weighted by Gasteiger charge is -2.06. The van der Waals surface area contributed by atoms with Crippen LogP contribution >= 0.6 is 0 Å². The van der Waals surface area contributed by atoms with E-state index >= 15 is 0 Å². The van der Waals surface area contributed by atoms with Gasteiger partial charge in [-0.05, 0) is 36.2 Å². The van der Waals surface area contributed by atoms with Crippen LogP contribution in [-0.2, 0) is 0 Å². The third-order valence-corrected chi connectivity index (χ3v) is 3.11. The van der Waals surface area contributed by atoms with Gasteiger partial charge in [-0.15, -0.1) is 0 Å². The summed E-state index contributed by atoms with van der Waals surface area (Å²) in [5.41, 5.74) is 8.91. The number of halogens is 2. The van der Waals surface area contributed by atoms with E-state index < -0.39 is 11.6 Å². The van der Waals surface area contributed by atoms with Crippen molar-refractivity contribution < 1.29 is 8.78 Å². The van der Waals surface area contributed by atoms with Crippen molar-refractivity contribution in [3.05, 3.63) is 53.9 Å². The lowest BCUT2D eigenvalue weighted by atomic mass is 10.0. The second-order valence-electron chi connectivity index (χ2n) is 4.77. The maximum Gasteiger partial charge on any atom is 0.153 e. The molecule has 2 heterocycles. The number of H-pyrrole nitrogens is 1. The van der Waals surface area contributed by atoms with E-state index in [9.17, 15) is 8.78 Å². The van der Waals surface area contributed by atoms with Crippen LogP contribution in [-0.4, -0.2) is 15.2 Å². The summed E-state index contributed by atoms with van der Waals surface area (Å²) in [6.45, 7) is 1.90. The molecule has 1 aromatic carbocycles. The first kappa shape index (κ1) is 13.2. The average molecular weight is 286 g/mol. The number of nitrogens with two attached hydrogens (primary N) is 1. The summed E-state index contributed by atoms with van der Waals surface area (Å²) >= 11 is 0. The van der Waals surface area contributed by atoms with Gasteiger partial charge >= 0.3 is 0 Å². The zero-order valence-corrected chi connectivity index (χ0v) is 11.2. The molecule has 0 spiro atoms. The average Bonchev–Trinajstić information content (AvgIpc) is 2.79. The van der Waals surface area contributed by atoms with E-state index in [1.165, 1.54) is 12.1 Å². The fourth-order valence-corrected chi connectivity index (χ4v) is 2.25. The van der Waals surface area contributed by atoms with Gasteiger partial charge in [0, 0.05) is 24.0 Å². The van der Waals surface area contributed by atoms with Gasteiger partial charge in [0.15, 0.2) is 5.82 Å². The molecular formula is C15H12F2N4. The predicted molar refractivity (Wildman–Crippen MR) is 76.3 cm³/mol. The molecule has 0 saturated carbocycles. The molecule has 0 fully saturated rings. The first-order valence-electron chi connectivity index (χ1n) is 6.27. The lowest BCUT2D eigenvalue weighted by Crippen LogP contribution is -1.91. The highest BCUT2D eigenvalue weighted by Gasteiger charge is 2.16. The normalized spacial score (nSPS) is 10.8. The molecular weight excluding hydrogens is 274 g/mol. The molecule has 6 heteroatoms. The summed E-state index contributed by atoms with van der Waals surface area (Å²) < 4.78 is 26.9. The molecule has 2 aromatic heterocycles. The van der Waals surface area contributed by atoms with Gasteiger partial charge in [0.2, 0.25) is 0 Å². The van der Waals surface area contributed by atoms with E-state index in [0.717, 1.165) is 17.2 Å². The molecule has 0 aliphatic rings. The van der Waals surface area contributed by atoms with Crippen molar-refractivity contribution in [2.45, 2.75) is 6.92 Å². The highest BCUT2D eigenvalue weighted by atomic mass is 19.1. The number of rotatable bonds is 2. The minimum absolute atomic E-state index is 0.177. The number of aryl methyl sites for hydroxylation is 1. The number of nitrogen functional groups attached to an aromatic ring is 1. The summed E-state index contributed by atoms with van der Waals surface area (Å²) in [4.78, 5) is 4.10. The van der Waals surface area contributed by atoms with Crippen LogP contribution in [0.4, 0.5) is 14.6 Å². The van der Waals surface area contributed by atoms with Gasteiger partial charge < -0.3 is 5.73 Å². The van der Waals surface area contributed by atoms with Crippen LogP contribution in [0.2, 0.25) is 0 Å². The highest BCUT2D eigenvalue weighted by Crippen LogP contribution is 2.35. The fourth-order valence-electron chi connectivity index (χ4n) is 2.25. The number of benzene rings is 1. The highest BCUT2D eigenvalue weighted by molar-refractivity contribution is 5.87. The minimum atomic E-state index is -0.668. The van der Waals surface area contributed by atoms with E-state index in [4.69, 9.17) is 5.73 Å². The Morgan fingerprint density at radius 3 is 2.38 bits per heavy atom. The molecule has 3 aromatic rings. The number of anilines is 1. The largest absolute Gasteiger partial charge is 0.382 e. The zero-order valence-electron chi connectivity index (χ0n) is 11.2. The molecule has 106 valence electrons. The third-order valence-electron chi connectivity index (χ3n) is 3.11. The molecule has 0 atom stereocenters. The van der Waals surface area contributed by atoms with Crippen LogP contribution in [0.5, 0.6) is 0 Å². The predicted octanol–water partition coefficient (Wildman–Crippen LogP) is 3.31. The van der Waals surface area contributed by atoms with Crippen molar-refractivity contribution in [2.24, 2.45) is 0 Å². The Balaban J connectivity index is 2.22. The maximum atomic E-state index is 13.4. The van der Waals surface area contributed by atoms with Crippen molar-refractivity contribution in [1.82, 2.24) is 15.2 Å². The second kappa shape index (κ2) is 4.97. The summed E-state index contributed by atoms with van der Waals surface area (Å²) in [6, 6.07) is 5.14. The molecule has 0 aliphatic heterocycles. The molecule has 0 saturated heterocycles. The molecule has 0 unspecified atom stereocenters. The van der Waals surface area contributed by atoms with Crippen LogP contribution in [0.3, 0.4) is 0 Å². The number of pyridine rings is 1. The van der Waals surface area contributed by atoms with E-state index in [0.29, 0.717) is 16.8 Å². The van der Waals surface area contributed by atoms with Gasteiger partial charge in [-0.3, -0.25) is 10.1 Å². The van der Waals surface area contributed by atoms with Crippen molar-refractivity contribution in [1.29, 1.82) is 0 Å². The zero-order chi connectivity index (χ0) is 15.0. The minimum Gasteiger partial charge on any atom is -0.382 e. The SMILES string of the molecule is Cc1cncc(-c2[nH]nc(N)c2-c2cc(F)cc(F)c2)c1. The third kappa shape index (κ3) is 2.47. The molecule has 0 aliphatic carbocycles. The fraction of sp³-hybridized carbons (Fsp3) is 0.0667. The first-order valence-corrected chi connectivity index (χ1v) is 6.27. The molecule has 0 amide bonds. The Morgan fingerprint density at radius 1 is 1.00 bits per heavy atom. The van der Waals surface area contributed by atoms with E-state index in [2.05, 4.69) is 15.2 Å². The van der Waals surface area contributed by atoms with Gasteiger partial charge in [0.1, 0.15) is 11.6 Å². The summed E-state index contributed by atoms with van der Waals surface area (Å²) in [7, 11) is 0. The van der Waals surface area contributed by atoms with Crippen LogP contribution in [0.15, 0.2) is 36.7 Å². The van der Waals surface area contributed by atoms with Crippen LogP contribution < -0.4 is 5.73 Å². The number of aromatic nitrogens is 3. The smallest absolute Gasteiger partial charge is 0.153 e. The van der Waals surface area contributed by atoms with Crippen molar-refractivity contribution >= 4 is 5.82 Å². The lowest BCUT2D eigenvalue weighted by molar-refractivity contribution is 0.584.